The van der Waals surface area contributed by atoms with Crippen LogP contribution in [0.4, 0.5) is 0 Å². The Morgan fingerprint density at radius 2 is 2.12 bits per heavy atom. The van der Waals surface area contributed by atoms with E-state index in [0.717, 1.165) is 15.7 Å². The lowest BCUT2D eigenvalue weighted by atomic mass is 10.2. The van der Waals surface area contributed by atoms with Crippen LogP contribution >= 0.6 is 22.6 Å². The fraction of sp³-hybridized carbons (Fsp3) is 0.417. The van der Waals surface area contributed by atoms with Crippen LogP contribution in [0.1, 0.15) is 30.6 Å². The van der Waals surface area contributed by atoms with E-state index in [1.54, 1.807) is 19.1 Å². The number of halogens is 1. The highest BCUT2D eigenvalue weighted by molar-refractivity contribution is 14.1. The van der Waals surface area contributed by atoms with E-state index < -0.39 is 0 Å². The molecule has 0 aromatic heterocycles. The summed E-state index contributed by atoms with van der Waals surface area (Å²) in [7, 11) is 0. The lowest BCUT2D eigenvalue weighted by Crippen LogP contribution is -2.05. The van der Waals surface area contributed by atoms with Gasteiger partial charge in [-0.05, 0) is 54.1 Å². The van der Waals surface area contributed by atoms with Gasteiger partial charge in [-0.2, -0.15) is 0 Å². The number of hydrogen-bond acceptors (Lipinski definition) is 3. The van der Waals surface area contributed by atoms with Gasteiger partial charge in [0.2, 0.25) is 0 Å². The average Bonchev–Trinajstić information content (AvgIpc) is 2.27. The summed E-state index contributed by atoms with van der Waals surface area (Å²) in [6.07, 6.45) is 0.968. The Balaban J connectivity index is 2.78. The molecule has 1 rings (SSSR count). The second kappa shape index (κ2) is 6.73. The van der Waals surface area contributed by atoms with Crippen LogP contribution in [-0.2, 0) is 4.74 Å². The average molecular weight is 334 g/mol. The van der Waals surface area contributed by atoms with Crippen molar-refractivity contribution in [3.8, 4) is 5.75 Å². The molecule has 3 nitrogen and oxygen atoms in total. The molecule has 0 bridgehead atoms. The van der Waals surface area contributed by atoms with Gasteiger partial charge >= 0.3 is 5.97 Å². The van der Waals surface area contributed by atoms with Gasteiger partial charge in [-0.25, -0.2) is 4.79 Å². The summed E-state index contributed by atoms with van der Waals surface area (Å²) < 4.78 is 11.4. The summed E-state index contributed by atoms with van der Waals surface area (Å²) in [5.41, 5.74) is 0.565. The van der Waals surface area contributed by atoms with Crippen LogP contribution in [-0.4, -0.2) is 19.2 Å². The zero-order chi connectivity index (χ0) is 12.0. The summed E-state index contributed by atoms with van der Waals surface area (Å²) in [6, 6.07) is 5.32. The highest BCUT2D eigenvalue weighted by Crippen LogP contribution is 2.22. The largest absolute Gasteiger partial charge is 0.492 e. The van der Waals surface area contributed by atoms with Crippen LogP contribution in [0.3, 0.4) is 0 Å². The molecule has 0 unspecified atom stereocenters. The second-order valence-corrected chi connectivity index (χ2v) is 4.38. The predicted molar refractivity (Wildman–Crippen MR) is 70.9 cm³/mol. The molecule has 1 aromatic rings. The van der Waals surface area contributed by atoms with Crippen LogP contribution < -0.4 is 4.74 Å². The minimum absolute atomic E-state index is 0.289. The molecule has 0 saturated carbocycles. The molecule has 88 valence electrons. The van der Waals surface area contributed by atoms with Crippen LogP contribution in [0.5, 0.6) is 5.75 Å². The van der Waals surface area contributed by atoms with E-state index in [0.29, 0.717) is 18.8 Å². The number of hydrogen-bond donors (Lipinski definition) is 0. The Kier molecular flexibility index (Phi) is 5.59. The van der Waals surface area contributed by atoms with Gasteiger partial charge in [-0.1, -0.05) is 6.92 Å². The molecule has 4 heteroatoms. The third-order valence-corrected chi connectivity index (χ3v) is 2.75. The molecule has 16 heavy (non-hydrogen) atoms. The molecular weight excluding hydrogens is 319 g/mol. The Morgan fingerprint density at radius 1 is 1.38 bits per heavy atom. The maximum absolute atomic E-state index is 11.5. The molecule has 0 atom stereocenters. The molecule has 0 aliphatic carbocycles. The molecule has 0 spiro atoms. The number of benzene rings is 1. The van der Waals surface area contributed by atoms with Crippen LogP contribution in [0, 0.1) is 3.57 Å². The molecule has 0 aliphatic heterocycles. The smallest absolute Gasteiger partial charge is 0.338 e. The van der Waals surface area contributed by atoms with Gasteiger partial charge in [-0.3, -0.25) is 0 Å². The number of ether oxygens (including phenoxy) is 2. The maximum atomic E-state index is 11.5. The van der Waals surface area contributed by atoms with Crippen LogP contribution in [0.2, 0.25) is 0 Å². The third kappa shape index (κ3) is 3.66. The first-order valence-electron chi connectivity index (χ1n) is 5.28. The van der Waals surface area contributed by atoms with Crippen molar-refractivity contribution >= 4 is 28.6 Å². The van der Waals surface area contributed by atoms with E-state index in [1.807, 2.05) is 6.07 Å². The first-order valence-corrected chi connectivity index (χ1v) is 6.36. The van der Waals surface area contributed by atoms with E-state index in [4.69, 9.17) is 9.47 Å². The van der Waals surface area contributed by atoms with Gasteiger partial charge in [0.25, 0.3) is 0 Å². The summed E-state index contributed by atoms with van der Waals surface area (Å²) >= 11 is 2.15. The van der Waals surface area contributed by atoms with Crippen LogP contribution in [0.15, 0.2) is 18.2 Å². The van der Waals surface area contributed by atoms with Gasteiger partial charge in [0.15, 0.2) is 0 Å². The lowest BCUT2D eigenvalue weighted by Gasteiger charge is -2.08. The van der Waals surface area contributed by atoms with Gasteiger partial charge in [0.05, 0.1) is 22.3 Å². The van der Waals surface area contributed by atoms with Crippen molar-refractivity contribution in [2.75, 3.05) is 13.2 Å². The molecule has 0 amide bonds. The lowest BCUT2D eigenvalue weighted by molar-refractivity contribution is 0.0526. The van der Waals surface area contributed by atoms with Crippen molar-refractivity contribution in [3.05, 3.63) is 27.3 Å². The predicted octanol–water partition coefficient (Wildman–Crippen LogP) is 3.26. The fourth-order valence-electron chi connectivity index (χ4n) is 1.17. The third-order valence-electron chi connectivity index (χ3n) is 1.90. The Bertz CT molecular complexity index is 363. The zero-order valence-corrected chi connectivity index (χ0v) is 11.6. The molecule has 0 saturated heterocycles. The number of rotatable bonds is 5. The normalized spacial score (nSPS) is 9.94. The summed E-state index contributed by atoms with van der Waals surface area (Å²) in [5, 5.41) is 0. The van der Waals surface area contributed by atoms with Crippen molar-refractivity contribution in [1.29, 1.82) is 0 Å². The maximum Gasteiger partial charge on any atom is 0.338 e. The van der Waals surface area contributed by atoms with E-state index >= 15 is 0 Å². The van der Waals surface area contributed by atoms with Gasteiger partial charge in [0, 0.05) is 0 Å². The molecule has 0 radical (unpaired) electrons. The second-order valence-electron chi connectivity index (χ2n) is 3.21. The molecule has 0 heterocycles. The van der Waals surface area contributed by atoms with Gasteiger partial charge in [-0.15, -0.1) is 0 Å². The molecule has 0 fully saturated rings. The van der Waals surface area contributed by atoms with Gasteiger partial charge in [0.1, 0.15) is 5.75 Å². The highest BCUT2D eigenvalue weighted by atomic mass is 127. The molecule has 1 aromatic carbocycles. The number of carbonyl (C=O) groups excluding carboxylic acids is 1. The molecule has 0 N–H and O–H groups in total. The van der Waals surface area contributed by atoms with Crippen LogP contribution in [0.25, 0.3) is 0 Å². The fourth-order valence-corrected chi connectivity index (χ4v) is 1.84. The quantitative estimate of drug-likeness (QED) is 0.613. The SMILES string of the molecule is CCCOc1ccc(C(=O)OCC)cc1I. The number of esters is 1. The van der Waals surface area contributed by atoms with E-state index in [-0.39, 0.29) is 5.97 Å². The molecular formula is C12H15IO3. The molecule has 0 aliphatic rings. The highest BCUT2D eigenvalue weighted by Gasteiger charge is 2.09. The summed E-state index contributed by atoms with van der Waals surface area (Å²) in [6.45, 7) is 4.93. The van der Waals surface area contributed by atoms with E-state index in [2.05, 4.69) is 29.5 Å². The minimum atomic E-state index is -0.289. The zero-order valence-electron chi connectivity index (χ0n) is 9.46. The van der Waals surface area contributed by atoms with Crippen molar-refractivity contribution in [2.45, 2.75) is 20.3 Å². The minimum Gasteiger partial charge on any atom is -0.492 e. The first kappa shape index (κ1) is 13.3. The Labute approximate surface area is 109 Å². The Morgan fingerprint density at radius 3 is 2.69 bits per heavy atom. The van der Waals surface area contributed by atoms with Crippen molar-refractivity contribution < 1.29 is 14.3 Å². The van der Waals surface area contributed by atoms with E-state index in [9.17, 15) is 4.79 Å². The topological polar surface area (TPSA) is 35.5 Å². The van der Waals surface area contributed by atoms with Crippen molar-refractivity contribution in [3.63, 3.8) is 0 Å². The van der Waals surface area contributed by atoms with Crippen molar-refractivity contribution in [2.24, 2.45) is 0 Å². The van der Waals surface area contributed by atoms with Crippen molar-refractivity contribution in [1.82, 2.24) is 0 Å². The van der Waals surface area contributed by atoms with E-state index in [1.165, 1.54) is 0 Å². The standard InChI is InChI=1S/C12H15IO3/c1-3-7-16-11-6-5-9(8-10(11)13)12(14)15-4-2/h5-6,8H,3-4,7H2,1-2H3. The Hall–Kier alpha value is -0.780. The number of carbonyl (C=O) groups is 1. The van der Waals surface area contributed by atoms with Gasteiger partial charge < -0.3 is 9.47 Å². The first-order chi connectivity index (χ1) is 7.69. The summed E-state index contributed by atoms with van der Waals surface area (Å²) in [4.78, 5) is 11.5. The monoisotopic (exact) mass is 334 g/mol. The summed E-state index contributed by atoms with van der Waals surface area (Å²) in [5.74, 6) is 0.526.